The van der Waals surface area contributed by atoms with E-state index in [0.29, 0.717) is 4.47 Å². The summed E-state index contributed by atoms with van der Waals surface area (Å²) in [4.78, 5) is 11.4. The highest BCUT2D eigenvalue weighted by molar-refractivity contribution is 9.10. The summed E-state index contributed by atoms with van der Waals surface area (Å²) in [5.74, 6) is 0. The van der Waals surface area contributed by atoms with Crippen molar-refractivity contribution in [1.29, 1.82) is 0 Å². The monoisotopic (exact) mass is 231 g/mol. The first kappa shape index (κ1) is 9.48. The predicted molar refractivity (Wildman–Crippen MR) is 50.2 cm³/mol. The van der Waals surface area contributed by atoms with Gasteiger partial charge in [-0.05, 0) is 35.0 Å². The molecule has 1 atom stereocenters. The number of hydrogen-bond donors (Lipinski definition) is 1. The molecule has 0 aromatic carbocycles. The van der Waals surface area contributed by atoms with Crippen LogP contribution >= 0.6 is 15.9 Å². The second kappa shape index (κ2) is 3.87. The van der Waals surface area contributed by atoms with Crippen LogP contribution in [0, 0.1) is 0 Å². The van der Waals surface area contributed by atoms with Gasteiger partial charge in [0.25, 0.3) is 5.56 Å². The highest BCUT2D eigenvalue weighted by atomic mass is 79.9. The molecule has 0 radical (unpaired) electrons. The molecule has 0 saturated carbocycles. The van der Waals surface area contributed by atoms with Crippen LogP contribution in [0.2, 0.25) is 0 Å². The van der Waals surface area contributed by atoms with Crippen LogP contribution in [-0.4, -0.2) is 16.3 Å². The Hall–Kier alpha value is -0.610. The minimum Gasteiger partial charge on any atom is -0.394 e. The molecule has 0 spiro atoms. The molecule has 0 aliphatic carbocycles. The van der Waals surface area contributed by atoms with Crippen molar-refractivity contribution in [2.45, 2.75) is 13.0 Å². The highest BCUT2D eigenvalue weighted by Gasteiger charge is 2.05. The highest BCUT2D eigenvalue weighted by Crippen LogP contribution is 2.05. The maximum atomic E-state index is 11.4. The van der Waals surface area contributed by atoms with Crippen molar-refractivity contribution in [1.82, 2.24) is 4.57 Å². The summed E-state index contributed by atoms with van der Waals surface area (Å²) in [5, 5.41) is 8.83. The molecule has 1 N–H and O–H groups in total. The lowest BCUT2D eigenvalue weighted by molar-refractivity contribution is 0.236. The number of aliphatic hydroxyl groups is 1. The lowest BCUT2D eigenvalue weighted by atomic mass is 10.3. The lowest BCUT2D eigenvalue weighted by Crippen LogP contribution is -2.24. The molecule has 0 bridgehead atoms. The van der Waals surface area contributed by atoms with E-state index in [4.69, 9.17) is 5.11 Å². The Kier molecular flexibility index (Phi) is 3.05. The number of hydrogen-bond acceptors (Lipinski definition) is 2. The van der Waals surface area contributed by atoms with Crippen LogP contribution in [0.15, 0.2) is 27.6 Å². The van der Waals surface area contributed by atoms with E-state index in [2.05, 4.69) is 15.9 Å². The summed E-state index contributed by atoms with van der Waals surface area (Å²) in [5.41, 5.74) is -0.112. The molecule has 1 rings (SSSR count). The number of pyridine rings is 1. The Bertz CT molecular complexity index is 321. The quantitative estimate of drug-likeness (QED) is 0.831. The maximum Gasteiger partial charge on any atom is 0.265 e. The molecule has 0 aliphatic rings. The van der Waals surface area contributed by atoms with Crippen LogP contribution in [0.3, 0.4) is 0 Å². The van der Waals surface area contributed by atoms with Crippen LogP contribution in [0.5, 0.6) is 0 Å². The van der Waals surface area contributed by atoms with Crippen molar-refractivity contribution in [2.75, 3.05) is 6.61 Å². The van der Waals surface area contributed by atoms with E-state index in [-0.39, 0.29) is 18.2 Å². The SMILES string of the molecule is CC(CO)n1cccc(Br)c1=O. The number of aromatic nitrogens is 1. The van der Waals surface area contributed by atoms with Crippen LogP contribution in [-0.2, 0) is 0 Å². The maximum absolute atomic E-state index is 11.4. The number of aliphatic hydroxyl groups excluding tert-OH is 1. The lowest BCUT2D eigenvalue weighted by Gasteiger charge is -2.11. The first-order valence-corrected chi connectivity index (χ1v) is 4.43. The minimum atomic E-state index is -0.171. The van der Waals surface area contributed by atoms with Gasteiger partial charge in [-0.25, -0.2) is 0 Å². The van der Waals surface area contributed by atoms with Gasteiger partial charge in [-0.15, -0.1) is 0 Å². The average molecular weight is 232 g/mol. The molecule has 12 heavy (non-hydrogen) atoms. The molecule has 0 fully saturated rings. The van der Waals surface area contributed by atoms with Crippen molar-refractivity contribution in [3.05, 3.63) is 33.2 Å². The van der Waals surface area contributed by atoms with E-state index in [9.17, 15) is 4.79 Å². The van der Waals surface area contributed by atoms with Gasteiger partial charge in [0.1, 0.15) is 0 Å². The van der Waals surface area contributed by atoms with E-state index in [1.165, 1.54) is 4.57 Å². The number of halogens is 1. The zero-order valence-corrected chi connectivity index (χ0v) is 8.28. The molecular formula is C8H10BrNO2. The normalized spacial score (nSPS) is 12.9. The van der Waals surface area contributed by atoms with Gasteiger partial charge in [-0.2, -0.15) is 0 Å². The van der Waals surface area contributed by atoms with Crippen LogP contribution in [0.25, 0.3) is 0 Å². The second-order valence-corrected chi connectivity index (χ2v) is 3.45. The molecule has 1 aromatic heterocycles. The minimum absolute atomic E-state index is 0.0314. The molecule has 4 heteroatoms. The third-order valence-electron chi connectivity index (χ3n) is 1.67. The van der Waals surface area contributed by atoms with Gasteiger partial charge in [-0.1, -0.05) is 0 Å². The summed E-state index contributed by atoms with van der Waals surface area (Å²) in [6.07, 6.45) is 1.66. The molecule has 1 aromatic rings. The third-order valence-corrected chi connectivity index (χ3v) is 2.27. The van der Waals surface area contributed by atoms with Gasteiger partial charge in [0.15, 0.2) is 0 Å². The first-order chi connectivity index (χ1) is 5.66. The number of nitrogens with zero attached hydrogens (tertiary/aromatic N) is 1. The molecule has 1 unspecified atom stereocenters. The topological polar surface area (TPSA) is 42.2 Å². The Morgan fingerprint density at radius 2 is 2.42 bits per heavy atom. The van der Waals surface area contributed by atoms with Gasteiger partial charge in [-0.3, -0.25) is 4.79 Å². The van der Waals surface area contributed by atoms with E-state index in [1.54, 1.807) is 25.3 Å². The van der Waals surface area contributed by atoms with Gasteiger partial charge in [0, 0.05) is 6.20 Å². The van der Waals surface area contributed by atoms with E-state index >= 15 is 0 Å². The smallest absolute Gasteiger partial charge is 0.265 e. The van der Waals surface area contributed by atoms with Gasteiger partial charge in [0.05, 0.1) is 17.1 Å². The number of rotatable bonds is 2. The molecule has 0 amide bonds. The molecule has 66 valence electrons. The fourth-order valence-electron chi connectivity index (χ4n) is 0.918. The third kappa shape index (κ3) is 1.76. The van der Waals surface area contributed by atoms with Crippen LogP contribution < -0.4 is 5.56 Å². The Balaban J connectivity index is 3.17. The van der Waals surface area contributed by atoms with E-state index < -0.39 is 0 Å². The van der Waals surface area contributed by atoms with Crippen molar-refractivity contribution < 1.29 is 5.11 Å². The van der Waals surface area contributed by atoms with Crippen LogP contribution in [0.1, 0.15) is 13.0 Å². The average Bonchev–Trinajstić information content (AvgIpc) is 2.08. The standard InChI is InChI=1S/C8H10BrNO2/c1-6(5-11)10-4-2-3-7(9)8(10)12/h2-4,6,11H,5H2,1H3. The molecular weight excluding hydrogens is 222 g/mol. The van der Waals surface area contributed by atoms with Crippen molar-refractivity contribution in [2.24, 2.45) is 0 Å². The van der Waals surface area contributed by atoms with E-state index in [0.717, 1.165) is 0 Å². The summed E-state index contributed by atoms with van der Waals surface area (Å²) >= 11 is 3.13. The molecule has 0 saturated heterocycles. The van der Waals surface area contributed by atoms with Gasteiger partial charge >= 0.3 is 0 Å². The molecule has 0 aliphatic heterocycles. The van der Waals surface area contributed by atoms with Crippen LogP contribution in [0.4, 0.5) is 0 Å². The zero-order valence-electron chi connectivity index (χ0n) is 6.70. The Morgan fingerprint density at radius 3 is 3.00 bits per heavy atom. The predicted octanol–water partition coefficient (Wildman–Crippen LogP) is 1.16. The zero-order chi connectivity index (χ0) is 9.14. The fourth-order valence-corrected chi connectivity index (χ4v) is 1.27. The largest absolute Gasteiger partial charge is 0.394 e. The second-order valence-electron chi connectivity index (χ2n) is 2.60. The summed E-state index contributed by atoms with van der Waals surface area (Å²) < 4.78 is 2.01. The summed E-state index contributed by atoms with van der Waals surface area (Å²) in [7, 11) is 0. The summed E-state index contributed by atoms with van der Waals surface area (Å²) in [6.45, 7) is 1.75. The van der Waals surface area contributed by atoms with Crippen molar-refractivity contribution >= 4 is 15.9 Å². The summed E-state index contributed by atoms with van der Waals surface area (Å²) in [6, 6.07) is 3.27. The van der Waals surface area contributed by atoms with Gasteiger partial charge in [0.2, 0.25) is 0 Å². The first-order valence-electron chi connectivity index (χ1n) is 3.64. The molecule has 3 nitrogen and oxygen atoms in total. The Morgan fingerprint density at radius 1 is 1.75 bits per heavy atom. The van der Waals surface area contributed by atoms with Gasteiger partial charge < -0.3 is 9.67 Å². The van der Waals surface area contributed by atoms with Crippen molar-refractivity contribution in [3.63, 3.8) is 0 Å². The fraction of sp³-hybridized carbons (Fsp3) is 0.375. The Labute approximate surface area is 78.8 Å². The van der Waals surface area contributed by atoms with E-state index in [1.807, 2.05) is 0 Å². The van der Waals surface area contributed by atoms with Crippen molar-refractivity contribution in [3.8, 4) is 0 Å². The molecule has 1 heterocycles.